The summed E-state index contributed by atoms with van der Waals surface area (Å²) in [5.41, 5.74) is 11.3. The smallest absolute Gasteiger partial charge is 0.169 e. The molecule has 0 unspecified atom stereocenters. The highest BCUT2D eigenvalue weighted by Crippen LogP contribution is 2.39. The molecule has 4 rings (SSSR count). The third-order valence-electron chi connectivity index (χ3n) is 5.77. The molecule has 1 aromatic heterocycles. The third-order valence-corrected chi connectivity index (χ3v) is 5.77. The minimum Gasteiger partial charge on any atom is -0.487 e. The molecule has 0 atom stereocenters. The lowest BCUT2D eigenvalue weighted by atomic mass is 9.89. The number of nitrogens with zero attached hydrogens (tertiary/aromatic N) is 2. The number of nitrogen functional groups attached to an aromatic ring is 1. The molecule has 2 N–H and O–H groups in total. The van der Waals surface area contributed by atoms with Crippen LogP contribution in [0.1, 0.15) is 24.3 Å². The van der Waals surface area contributed by atoms with E-state index < -0.39 is 0 Å². The fourth-order valence-electron chi connectivity index (χ4n) is 4.05. The number of piperidine rings is 1. The van der Waals surface area contributed by atoms with E-state index in [1.54, 1.807) is 7.11 Å². The molecule has 1 fully saturated rings. The number of methoxy groups -OCH3 is 1. The Kier molecular flexibility index (Phi) is 5.97. The first-order valence-corrected chi connectivity index (χ1v) is 10.3. The Labute approximate surface area is 172 Å². The molecule has 0 spiro atoms. The van der Waals surface area contributed by atoms with Gasteiger partial charge in [-0.3, -0.25) is 0 Å². The molecule has 1 aliphatic rings. The van der Waals surface area contributed by atoms with Gasteiger partial charge in [0.05, 0.1) is 17.8 Å². The van der Waals surface area contributed by atoms with Crippen LogP contribution in [0.3, 0.4) is 0 Å². The van der Waals surface area contributed by atoms with Crippen LogP contribution in [0.2, 0.25) is 0 Å². The summed E-state index contributed by atoms with van der Waals surface area (Å²) in [6, 6.07) is 16.6. The van der Waals surface area contributed by atoms with Gasteiger partial charge in [0, 0.05) is 18.1 Å². The Hall–Kier alpha value is -2.63. The molecule has 2 aromatic carbocycles. The van der Waals surface area contributed by atoms with E-state index in [1.807, 2.05) is 30.3 Å². The van der Waals surface area contributed by atoms with Crippen molar-refractivity contribution in [3.8, 4) is 17.0 Å². The van der Waals surface area contributed by atoms with E-state index >= 15 is 0 Å². The summed E-state index contributed by atoms with van der Waals surface area (Å²) in [5.74, 6) is 1.21. The van der Waals surface area contributed by atoms with Gasteiger partial charge in [0.25, 0.3) is 0 Å². The molecule has 29 heavy (non-hydrogen) atoms. The number of aromatic nitrogens is 1. The topological polar surface area (TPSA) is 60.6 Å². The molecule has 1 saturated heterocycles. The number of rotatable bonds is 6. The van der Waals surface area contributed by atoms with Gasteiger partial charge in [0.1, 0.15) is 12.3 Å². The molecule has 5 heteroatoms. The Morgan fingerprint density at radius 3 is 2.55 bits per heavy atom. The first-order valence-electron chi connectivity index (χ1n) is 10.3. The van der Waals surface area contributed by atoms with Crippen LogP contribution in [-0.2, 0) is 4.74 Å². The van der Waals surface area contributed by atoms with E-state index in [0.29, 0.717) is 30.6 Å². The van der Waals surface area contributed by atoms with E-state index in [4.69, 9.17) is 20.2 Å². The van der Waals surface area contributed by atoms with Crippen molar-refractivity contribution < 1.29 is 9.47 Å². The summed E-state index contributed by atoms with van der Waals surface area (Å²) in [7, 11) is 3.85. The molecule has 3 aromatic rings. The Bertz CT molecular complexity index is 967. The third kappa shape index (κ3) is 4.21. The Morgan fingerprint density at radius 2 is 1.83 bits per heavy atom. The summed E-state index contributed by atoms with van der Waals surface area (Å²) in [5, 5.41) is 0.939. The second kappa shape index (κ2) is 8.80. The standard InChI is InChI=1S/C24H29N3O2/c1-27-12-10-17(11-13-27)19-8-9-20-21(16-19)26-23(18-6-4-3-5-7-18)24(22(20)25)29-15-14-28-2/h3-9,16-17H,10-15H2,1-2H3,(H2,25,26). The van der Waals surface area contributed by atoms with Crippen LogP contribution in [0.15, 0.2) is 48.5 Å². The molecule has 152 valence electrons. The number of hydrogen-bond donors (Lipinski definition) is 1. The van der Waals surface area contributed by atoms with Crippen LogP contribution < -0.4 is 10.5 Å². The van der Waals surface area contributed by atoms with Crippen molar-refractivity contribution in [2.24, 2.45) is 0 Å². The highest BCUT2D eigenvalue weighted by molar-refractivity contribution is 5.97. The van der Waals surface area contributed by atoms with Crippen molar-refractivity contribution in [3.63, 3.8) is 0 Å². The van der Waals surface area contributed by atoms with Crippen molar-refractivity contribution in [3.05, 3.63) is 54.1 Å². The molecule has 0 aliphatic carbocycles. The van der Waals surface area contributed by atoms with Crippen LogP contribution >= 0.6 is 0 Å². The first kappa shape index (κ1) is 19.7. The number of anilines is 1. The van der Waals surface area contributed by atoms with Crippen LogP contribution in [-0.4, -0.2) is 50.3 Å². The summed E-state index contributed by atoms with van der Waals surface area (Å²) in [6.07, 6.45) is 2.36. The summed E-state index contributed by atoms with van der Waals surface area (Å²) >= 11 is 0. The molecule has 2 heterocycles. The molecule has 0 saturated carbocycles. The highest BCUT2D eigenvalue weighted by Gasteiger charge is 2.21. The van der Waals surface area contributed by atoms with E-state index in [2.05, 4.69) is 30.1 Å². The summed E-state index contributed by atoms with van der Waals surface area (Å²) < 4.78 is 11.1. The van der Waals surface area contributed by atoms with Crippen LogP contribution in [0.25, 0.3) is 22.2 Å². The second-order valence-electron chi connectivity index (χ2n) is 7.76. The maximum Gasteiger partial charge on any atom is 0.169 e. The Morgan fingerprint density at radius 1 is 1.07 bits per heavy atom. The zero-order valence-corrected chi connectivity index (χ0v) is 17.2. The minimum atomic E-state index is 0.432. The lowest BCUT2D eigenvalue weighted by Crippen LogP contribution is -2.29. The largest absolute Gasteiger partial charge is 0.487 e. The van der Waals surface area contributed by atoms with Crippen molar-refractivity contribution in [1.29, 1.82) is 0 Å². The van der Waals surface area contributed by atoms with Crippen LogP contribution in [0.5, 0.6) is 5.75 Å². The van der Waals surface area contributed by atoms with Gasteiger partial charge in [0.15, 0.2) is 5.75 Å². The van der Waals surface area contributed by atoms with Gasteiger partial charge in [-0.1, -0.05) is 42.5 Å². The van der Waals surface area contributed by atoms with Gasteiger partial charge >= 0.3 is 0 Å². The van der Waals surface area contributed by atoms with E-state index in [1.165, 1.54) is 18.4 Å². The molecule has 5 nitrogen and oxygen atoms in total. The van der Waals surface area contributed by atoms with Crippen LogP contribution in [0, 0.1) is 0 Å². The summed E-state index contributed by atoms with van der Waals surface area (Å²) in [6.45, 7) is 3.21. The maximum absolute atomic E-state index is 6.57. The van der Waals surface area contributed by atoms with Gasteiger partial charge < -0.3 is 20.1 Å². The summed E-state index contributed by atoms with van der Waals surface area (Å²) in [4.78, 5) is 7.39. The van der Waals surface area contributed by atoms with E-state index in [-0.39, 0.29) is 0 Å². The first-order chi connectivity index (χ1) is 14.2. The fourth-order valence-corrected chi connectivity index (χ4v) is 4.05. The number of hydrogen-bond acceptors (Lipinski definition) is 5. The van der Waals surface area contributed by atoms with Crippen molar-refractivity contribution in [1.82, 2.24) is 9.88 Å². The van der Waals surface area contributed by atoms with Crippen LogP contribution in [0.4, 0.5) is 5.69 Å². The van der Waals surface area contributed by atoms with Crippen molar-refractivity contribution >= 4 is 16.6 Å². The lowest BCUT2D eigenvalue weighted by Gasteiger charge is -2.29. The molecule has 0 radical (unpaired) electrons. The number of pyridine rings is 1. The number of benzene rings is 2. The van der Waals surface area contributed by atoms with E-state index in [0.717, 1.165) is 35.2 Å². The fraction of sp³-hybridized carbons (Fsp3) is 0.375. The normalized spacial score (nSPS) is 15.7. The van der Waals surface area contributed by atoms with Gasteiger partial charge in [-0.15, -0.1) is 0 Å². The quantitative estimate of drug-likeness (QED) is 0.634. The predicted octanol–water partition coefficient (Wildman–Crippen LogP) is 4.32. The molecular weight excluding hydrogens is 362 g/mol. The lowest BCUT2D eigenvalue weighted by molar-refractivity contribution is 0.147. The van der Waals surface area contributed by atoms with Crippen molar-refractivity contribution in [2.75, 3.05) is 46.2 Å². The highest BCUT2D eigenvalue weighted by atomic mass is 16.5. The van der Waals surface area contributed by atoms with Gasteiger partial charge in [0.2, 0.25) is 0 Å². The molecule has 0 bridgehead atoms. The maximum atomic E-state index is 6.57. The van der Waals surface area contributed by atoms with E-state index in [9.17, 15) is 0 Å². The minimum absolute atomic E-state index is 0.432. The van der Waals surface area contributed by atoms with Gasteiger partial charge in [-0.2, -0.15) is 0 Å². The number of ether oxygens (including phenoxy) is 2. The zero-order chi connectivity index (χ0) is 20.2. The number of likely N-dealkylation sites (tertiary alicyclic amines) is 1. The SMILES string of the molecule is COCCOc1c(-c2ccccc2)nc2cc(C3CCN(C)CC3)ccc2c1N. The molecule has 1 aliphatic heterocycles. The monoisotopic (exact) mass is 391 g/mol. The number of nitrogens with two attached hydrogens (primary N) is 1. The average molecular weight is 392 g/mol. The second-order valence-corrected chi connectivity index (χ2v) is 7.76. The Balaban J connectivity index is 1.78. The molecular formula is C24H29N3O2. The average Bonchev–Trinajstić information content (AvgIpc) is 2.76. The van der Waals surface area contributed by atoms with Gasteiger partial charge in [-0.05, 0) is 50.5 Å². The zero-order valence-electron chi connectivity index (χ0n) is 17.2. The van der Waals surface area contributed by atoms with Gasteiger partial charge in [-0.25, -0.2) is 4.98 Å². The molecule has 0 amide bonds. The number of fused-ring (bicyclic) bond motifs is 1. The predicted molar refractivity (Wildman–Crippen MR) is 118 cm³/mol. The van der Waals surface area contributed by atoms with Crippen molar-refractivity contribution in [2.45, 2.75) is 18.8 Å².